The fraction of sp³-hybridized carbons (Fsp3) is 0.412. The second-order valence-electron chi connectivity index (χ2n) is 6.39. The number of piperazine rings is 1. The largest absolute Gasteiger partial charge is 0.435 e. The molecule has 2 N–H and O–H groups in total. The number of carbonyl (C=O) groups excluding carboxylic acids is 1. The molecule has 10 heteroatoms. The Balaban J connectivity index is 1.81. The van der Waals surface area contributed by atoms with Crippen LogP contribution in [-0.2, 0) is 4.74 Å². The third-order valence-electron chi connectivity index (χ3n) is 4.49. The highest BCUT2D eigenvalue weighted by atomic mass is 19.3. The number of rotatable bonds is 3. The van der Waals surface area contributed by atoms with Crippen LogP contribution in [0.15, 0.2) is 18.5 Å². The number of pyridine rings is 1. The van der Waals surface area contributed by atoms with E-state index in [9.17, 15) is 13.6 Å². The van der Waals surface area contributed by atoms with Crippen LogP contribution < -0.4 is 15.5 Å². The molecule has 27 heavy (non-hydrogen) atoms. The van der Waals surface area contributed by atoms with Crippen molar-refractivity contribution in [2.75, 3.05) is 36.4 Å². The van der Waals surface area contributed by atoms with Gasteiger partial charge in [0.25, 0.3) is 6.43 Å². The second kappa shape index (κ2) is 7.03. The average Bonchev–Trinajstić information content (AvgIpc) is 2.66. The zero-order valence-electron chi connectivity index (χ0n) is 14.6. The van der Waals surface area contributed by atoms with Crippen molar-refractivity contribution in [1.82, 2.24) is 20.3 Å². The van der Waals surface area contributed by atoms with Crippen LogP contribution in [0.2, 0.25) is 0 Å². The van der Waals surface area contributed by atoms with Crippen LogP contribution in [-0.4, -0.2) is 53.6 Å². The fourth-order valence-corrected chi connectivity index (χ4v) is 3.27. The number of anilines is 2. The number of alkyl halides is 2. The normalized spacial score (nSPS) is 19.5. The maximum atomic E-state index is 13.5. The van der Waals surface area contributed by atoms with Crippen LogP contribution in [0, 0.1) is 6.92 Å². The van der Waals surface area contributed by atoms with Crippen molar-refractivity contribution in [3.8, 4) is 11.4 Å². The van der Waals surface area contributed by atoms with E-state index in [1.54, 1.807) is 6.07 Å². The maximum Gasteiger partial charge on any atom is 0.413 e. The lowest BCUT2D eigenvalue weighted by molar-refractivity contribution is -0.0170. The van der Waals surface area contributed by atoms with Crippen molar-refractivity contribution < 1.29 is 18.3 Å². The Labute approximate surface area is 154 Å². The number of cyclic esters (lactones) is 1. The molecular weight excluding hydrogens is 358 g/mol. The summed E-state index contributed by atoms with van der Waals surface area (Å²) in [7, 11) is 0. The number of amides is 1. The van der Waals surface area contributed by atoms with Gasteiger partial charge in [-0.1, -0.05) is 0 Å². The summed E-state index contributed by atoms with van der Waals surface area (Å²) in [6.45, 7) is 5.21. The van der Waals surface area contributed by atoms with Gasteiger partial charge >= 0.3 is 6.09 Å². The van der Waals surface area contributed by atoms with Gasteiger partial charge in [0.1, 0.15) is 23.7 Å². The predicted octanol–water partition coefficient (Wildman–Crippen LogP) is 2.12. The molecule has 0 aromatic carbocycles. The number of carbonyl (C=O) groups is 1. The number of aromatic nitrogens is 3. The lowest BCUT2D eigenvalue weighted by Gasteiger charge is -2.29. The number of ether oxygens (including phenoxy) is 1. The number of hydrogen-bond acceptors (Lipinski definition) is 7. The van der Waals surface area contributed by atoms with Gasteiger partial charge in [-0.05, 0) is 24.6 Å². The van der Waals surface area contributed by atoms with Crippen LogP contribution in [0.5, 0.6) is 0 Å². The van der Waals surface area contributed by atoms with Gasteiger partial charge in [0.2, 0.25) is 0 Å². The summed E-state index contributed by atoms with van der Waals surface area (Å²) >= 11 is 0. The van der Waals surface area contributed by atoms with E-state index in [4.69, 9.17) is 4.74 Å². The van der Waals surface area contributed by atoms with E-state index in [1.165, 1.54) is 6.33 Å². The number of nitrogens with one attached hydrogen (secondary N) is 2. The number of fused-ring (bicyclic) bond motifs is 1. The molecule has 2 aliphatic rings. The first kappa shape index (κ1) is 17.5. The summed E-state index contributed by atoms with van der Waals surface area (Å²) < 4.78 is 31.8. The molecule has 8 nitrogen and oxygen atoms in total. The Hall–Kier alpha value is -2.88. The molecule has 0 saturated carbocycles. The Bertz CT molecular complexity index is 872. The van der Waals surface area contributed by atoms with E-state index in [2.05, 4.69) is 30.5 Å². The molecule has 0 unspecified atom stereocenters. The van der Waals surface area contributed by atoms with Crippen LogP contribution in [0.1, 0.15) is 17.2 Å². The van der Waals surface area contributed by atoms with Gasteiger partial charge in [0, 0.05) is 26.2 Å². The molecule has 142 valence electrons. The SMILES string of the molecule is Cc1cc(-c2ncnc3c2[C@H](C(F)F)OC(=O)N3)nc(N2CCNCC2)c1. The van der Waals surface area contributed by atoms with Crippen molar-refractivity contribution in [2.45, 2.75) is 19.5 Å². The third kappa shape index (κ3) is 3.39. The summed E-state index contributed by atoms with van der Waals surface area (Å²) in [5.74, 6) is 0.779. The van der Waals surface area contributed by atoms with Crippen molar-refractivity contribution in [2.24, 2.45) is 0 Å². The number of aryl methyl sites for hydroxylation is 1. The van der Waals surface area contributed by atoms with E-state index in [-0.39, 0.29) is 17.1 Å². The Kier molecular flexibility index (Phi) is 4.56. The molecule has 2 aliphatic heterocycles. The van der Waals surface area contributed by atoms with Gasteiger partial charge in [-0.15, -0.1) is 0 Å². The van der Waals surface area contributed by atoms with Gasteiger partial charge in [-0.3, -0.25) is 5.32 Å². The second-order valence-corrected chi connectivity index (χ2v) is 6.39. The first-order chi connectivity index (χ1) is 13.0. The van der Waals surface area contributed by atoms with Gasteiger partial charge < -0.3 is 15.0 Å². The molecule has 0 bridgehead atoms. The molecule has 4 heterocycles. The average molecular weight is 376 g/mol. The van der Waals surface area contributed by atoms with Gasteiger partial charge in [0.15, 0.2) is 6.10 Å². The van der Waals surface area contributed by atoms with E-state index in [0.717, 1.165) is 37.6 Å². The molecule has 2 aromatic rings. The summed E-state index contributed by atoms with van der Waals surface area (Å²) in [6.07, 6.45) is -4.39. The minimum Gasteiger partial charge on any atom is -0.435 e. The first-order valence-electron chi connectivity index (χ1n) is 8.58. The third-order valence-corrected chi connectivity index (χ3v) is 4.49. The zero-order chi connectivity index (χ0) is 19.0. The van der Waals surface area contributed by atoms with Gasteiger partial charge in [-0.25, -0.2) is 28.5 Å². The Morgan fingerprint density at radius 2 is 2.04 bits per heavy atom. The van der Waals surface area contributed by atoms with Gasteiger partial charge in [0.05, 0.1) is 11.3 Å². The number of nitrogens with zero attached hydrogens (tertiary/aromatic N) is 4. The molecule has 1 amide bonds. The molecule has 0 spiro atoms. The molecule has 2 aromatic heterocycles. The molecule has 1 atom stereocenters. The minimum absolute atomic E-state index is 0.0218. The number of hydrogen-bond donors (Lipinski definition) is 2. The number of halogens is 2. The topological polar surface area (TPSA) is 92.3 Å². The summed E-state index contributed by atoms with van der Waals surface area (Å²) in [5.41, 5.74) is 1.63. The molecule has 0 aliphatic carbocycles. The molecule has 0 radical (unpaired) electrons. The maximum absolute atomic E-state index is 13.5. The molecular formula is C17H18F2N6O2. The van der Waals surface area contributed by atoms with E-state index in [1.807, 2.05) is 13.0 Å². The van der Waals surface area contributed by atoms with E-state index < -0.39 is 18.6 Å². The van der Waals surface area contributed by atoms with Crippen LogP contribution in [0.3, 0.4) is 0 Å². The van der Waals surface area contributed by atoms with Crippen LogP contribution in [0.4, 0.5) is 25.2 Å². The minimum atomic E-state index is -2.91. The van der Waals surface area contributed by atoms with Crippen LogP contribution >= 0.6 is 0 Å². The van der Waals surface area contributed by atoms with Crippen molar-refractivity contribution in [3.63, 3.8) is 0 Å². The summed E-state index contributed by atoms with van der Waals surface area (Å²) in [4.78, 5) is 26.4. The van der Waals surface area contributed by atoms with E-state index in [0.29, 0.717) is 5.69 Å². The van der Waals surface area contributed by atoms with Crippen molar-refractivity contribution in [3.05, 3.63) is 29.6 Å². The lowest BCUT2D eigenvalue weighted by Crippen LogP contribution is -2.43. The predicted molar refractivity (Wildman–Crippen MR) is 93.9 cm³/mol. The fourth-order valence-electron chi connectivity index (χ4n) is 3.27. The first-order valence-corrected chi connectivity index (χ1v) is 8.58. The monoisotopic (exact) mass is 376 g/mol. The van der Waals surface area contributed by atoms with Crippen molar-refractivity contribution in [1.29, 1.82) is 0 Å². The summed E-state index contributed by atoms with van der Waals surface area (Å²) in [5, 5.41) is 5.63. The zero-order valence-corrected chi connectivity index (χ0v) is 14.6. The Morgan fingerprint density at radius 1 is 1.26 bits per heavy atom. The highest BCUT2D eigenvalue weighted by Crippen LogP contribution is 2.39. The highest BCUT2D eigenvalue weighted by molar-refractivity contribution is 5.88. The standard InChI is InChI=1S/C17H18F2N6O2/c1-9-6-10(23-11(7-9)25-4-2-20-3-5-25)13-12-14(15(18)19)27-17(26)24-16(12)22-8-21-13/h6-8,14-15,20H,2-5H2,1H3,(H,21,22,24,26)/t14-/m1/s1. The Morgan fingerprint density at radius 3 is 2.78 bits per heavy atom. The van der Waals surface area contributed by atoms with Crippen molar-refractivity contribution >= 4 is 17.7 Å². The smallest absolute Gasteiger partial charge is 0.413 e. The summed E-state index contributed by atoms with van der Waals surface area (Å²) in [6, 6.07) is 3.72. The molecule has 1 fully saturated rings. The van der Waals surface area contributed by atoms with E-state index >= 15 is 0 Å². The quantitative estimate of drug-likeness (QED) is 0.848. The van der Waals surface area contributed by atoms with Gasteiger partial charge in [-0.2, -0.15) is 0 Å². The van der Waals surface area contributed by atoms with Crippen LogP contribution in [0.25, 0.3) is 11.4 Å². The molecule has 1 saturated heterocycles. The lowest BCUT2D eigenvalue weighted by atomic mass is 10.0. The highest BCUT2D eigenvalue weighted by Gasteiger charge is 2.37. The molecule has 4 rings (SSSR count).